The summed E-state index contributed by atoms with van der Waals surface area (Å²) >= 11 is 1.26. The van der Waals surface area contributed by atoms with Crippen molar-refractivity contribution in [2.45, 2.75) is 0 Å². The Kier molecular flexibility index (Phi) is 2.81. The van der Waals surface area contributed by atoms with Crippen LogP contribution < -0.4 is 0 Å². The van der Waals surface area contributed by atoms with Crippen LogP contribution in [-0.2, 0) is 0 Å². The van der Waals surface area contributed by atoms with Crippen LogP contribution in [0.4, 0.5) is 0 Å². The molecule has 6 nitrogen and oxygen atoms in total. The summed E-state index contributed by atoms with van der Waals surface area (Å²) in [6, 6.07) is 4.56. The summed E-state index contributed by atoms with van der Waals surface area (Å²) in [5, 5.41) is 14.5. The minimum atomic E-state index is -0.996. The van der Waals surface area contributed by atoms with E-state index in [0.29, 0.717) is 17.0 Å². The van der Waals surface area contributed by atoms with Crippen molar-refractivity contribution in [1.29, 1.82) is 0 Å². The zero-order chi connectivity index (χ0) is 13.2. The number of rotatable bonds is 3. The molecule has 0 aliphatic rings. The van der Waals surface area contributed by atoms with E-state index < -0.39 is 5.97 Å². The van der Waals surface area contributed by atoms with E-state index in [1.165, 1.54) is 23.7 Å². The Balaban J connectivity index is 1.95. The first-order valence-corrected chi connectivity index (χ1v) is 6.15. The van der Waals surface area contributed by atoms with Gasteiger partial charge >= 0.3 is 5.97 Å². The second-order valence-corrected chi connectivity index (χ2v) is 4.31. The number of hydrogen-bond acceptors (Lipinski definition) is 6. The van der Waals surface area contributed by atoms with Crippen molar-refractivity contribution in [1.82, 2.24) is 14.6 Å². The summed E-state index contributed by atoms with van der Waals surface area (Å²) in [5.41, 5.74) is 1.94. The molecule has 0 saturated carbocycles. The first kappa shape index (κ1) is 11.5. The zero-order valence-electron chi connectivity index (χ0n) is 9.48. The number of nitrogens with zero attached hydrogens (tertiary/aromatic N) is 3. The van der Waals surface area contributed by atoms with Gasteiger partial charge in [0.15, 0.2) is 5.58 Å². The number of oxazole rings is 1. The van der Waals surface area contributed by atoms with Crippen LogP contribution in [0.1, 0.15) is 21.9 Å². The molecule has 0 spiro atoms. The summed E-state index contributed by atoms with van der Waals surface area (Å²) < 4.78 is 9.18. The van der Waals surface area contributed by atoms with Gasteiger partial charge in [0.05, 0.1) is 11.3 Å². The maximum absolute atomic E-state index is 10.8. The van der Waals surface area contributed by atoms with E-state index in [1.807, 2.05) is 0 Å². The molecular weight excluding hydrogens is 266 g/mol. The van der Waals surface area contributed by atoms with Gasteiger partial charge in [0.25, 0.3) is 0 Å². The van der Waals surface area contributed by atoms with Crippen LogP contribution in [0.25, 0.3) is 23.3 Å². The SMILES string of the molecule is O=C(O)c1ccc2nc(/C=C/c3csnn3)oc2c1. The average molecular weight is 273 g/mol. The molecule has 1 aromatic carbocycles. The van der Waals surface area contributed by atoms with Crippen LogP contribution in [0.5, 0.6) is 0 Å². The Bertz CT molecular complexity index is 762. The number of hydrogen-bond donors (Lipinski definition) is 1. The second kappa shape index (κ2) is 4.62. The fourth-order valence-electron chi connectivity index (χ4n) is 1.55. The molecule has 0 aliphatic heterocycles. The molecule has 0 atom stereocenters. The normalized spacial score (nSPS) is 11.4. The highest BCUT2D eigenvalue weighted by Crippen LogP contribution is 2.18. The molecule has 0 unspecified atom stereocenters. The van der Waals surface area contributed by atoms with Gasteiger partial charge in [0.1, 0.15) is 5.52 Å². The zero-order valence-corrected chi connectivity index (χ0v) is 10.3. The number of aromatic carboxylic acids is 1. The van der Waals surface area contributed by atoms with E-state index in [1.54, 1.807) is 23.6 Å². The van der Waals surface area contributed by atoms with Crippen molar-refractivity contribution in [3.63, 3.8) is 0 Å². The summed E-state index contributed by atoms with van der Waals surface area (Å²) in [5.74, 6) is -0.602. The van der Waals surface area contributed by atoms with Gasteiger partial charge in [0.2, 0.25) is 5.89 Å². The molecule has 1 N–H and O–H groups in total. The van der Waals surface area contributed by atoms with E-state index in [-0.39, 0.29) is 5.56 Å². The fraction of sp³-hybridized carbons (Fsp3) is 0. The van der Waals surface area contributed by atoms with Crippen LogP contribution in [0.2, 0.25) is 0 Å². The molecule has 7 heteroatoms. The lowest BCUT2D eigenvalue weighted by molar-refractivity contribution is 0.0697. The molecule has 0 radical (unpaired) electrons. The highest BCUT2D eigenvalue weighted by Gasteiger charge is 2.08. The van der Waals surface area contributed by atoms with Crippen molar-refractivity contribution in [2.75, 3.05) is 0 Å². The van der Waals surface area contributed by atoms with Crippen molar-refractivity contribution in [3.8, 4) is 0 Å². The number of carbonyl (C=O) groups is 1. The molecule has 0 saturated heterocycles. The van der Waals surface area contributed by atoms with Gasteiger partial charge in [-0.05, 0) is 35.8 Å². The summed E-state index contributed by atoms with van der Waals surface area (Å²) in [6.07, 6.45) is 3.39. The number of carboxylic acid groups (broad SMARTS) is 1. The molecule has 0 amide bonds. The standard InChI is InChI=1S/C12H7N3O3S/c16-12(17)7-1-3-9-10(5-7)18-11(13-9)4-2-8-6-19-15-14-8/h1-6H,(H,16,17)/b4-2+. The minimum absolute atomic E-state index is 0.169. The molecule has 3 aromatic rings. The first-order chi connectivity index (χ1) is 9.22. The Morgan fingerprint density at radius 1 is 1.37 bits per heavy atom. The number of benzene rings is 1. The molecule has 94 valence electrons. The smallest absolute Gasteiger partial charge is 0.335 e. The largest absolute Gasteiger partial charge is 0.478 e. The summed E-state index contributed by atoms with van der Waals surface area (Å²) in [6.45, 7) is 0. The molecular formula is C12H7N3O3S. The van der Waals surface area contributed by atoms with Crippen LogP contribution in [0.15, 0.2) is 28.0 Å². The maximum Gasteiger partial charge on any atom is 0.335 e. The van der Waals surface area contributed by atoms with Crippen LogP contribution in [0, 0.1) is 0 Å². The van der Waals surface area contributed by atoms with Gasteiger partial charge in [-0.1, -0.05) is 4.49 Å². The van der Waals surface area contributed by atoms with Gasteiger partial charge in [-0.3, -0.25) is 0 Å². The van der Waals surface area contributed by atoms with Crippen LogP contribution in [0.3, 0.4) is 0 Å². The quantitative estimate of drug-likeness (QED) is 0.788. The van der Waals surface area contributed by atoms with E-state index in [0.717, 1.165) is 5.69 Å². The molecule has 0 fully saturated rings. The second-order valence-electron chi connectivity index (χ2n) is 3.70. The van der Waals surface area contributed by atoms with Gasteiger partial charge in [-0.25, -0.2) is 9.78 Å². The maximum atomic E-state index is 10.8. The third-order valence-electron chi connectivity index (χ3n) is 2.43. The third-order valence-corrected chi connectivity index (χ3v) is 2.95. The Labute approximate surface area is 111 Å². The van der Waals surface area contributed by atoms with Crippen LogP contribution in [-0.4, -0.2) is 25.6 Å². The monoisotopic (exact) mass is 273 g/mol. The van der Waals surface area contributed by atoms with E-state index in [2.05, 4.69) is 14.6 Å². The third kappa shape index (κ3) is 2.36. The highest BCUT2D eigenvalue weighted by atomic mass is 32.1. The van der Waals surface area contributed by atoms with E-state index in [4.69, 9.17) is 9.52 Å². The molecule has 2 heterocycles. The topological polar surface area (TPSA) is 89.1 Å². The first-order valence-electron chi connectivity index (χ1n) is 5.31. The van der Waals surface area contributed by atoms with Gasteiger partial charge in [0, 0.05) is 11.5 Å². The number of aromatic nitrogens is 3. The van der Waals surface area contributed by atoms with Gasteiger partial charge in [-0.15, -0.1) is 5.10 Å². The van der Waals surface area contributed by atoms with E-state index >= 15 is 0 Å². The van der Waals surface area contributed by atoms with Gasteiger partial charge < -0.3 is 9.52 Å². The average Bonchev–Trinajstić information content (AvgIpc) is 3.04. The number of fused-ring (bicyclic) bond motifs is 1. The van der Waals surface area contributed by atoms with Crippen molar-refractivity contribution < 1.29 is 14.3 Å². The molecule has 3 rings (SSSR count). The fourth-order valence-corrected chi connectivity index (χ4v) is 1.97. The molecule has 19 heavy (non-hydrogen) atoms. The Morgan fingerprint density at radius 3 is 3.00 bits per heavy atom. The predicted octanol–water partition coefficient (Wildman–Crippen LogP) is 2.55. The van der Waals surface area contributed by atoms with Gasteiger partial charge in [-0.2, -0.15) is 0 Å². The van der Waals surface area contributed by atoms with E-state index in [9.17, 15) is 4.79 Å². The lowest BCUT2D eigenvalue weighted by Gasteiger charge is -1.91. The lowest BCUT2D eigenvalue weighted by atomic mass is 10.2. The Morgan fingerprint density at radius 2 is 2.26 bits per heavy atom. The number of carboxylic acids is 1. The van der Waals surface area contributed by atoms with Crippen molar-refractivity contribution in [2.24, 2.45) is 0 Å². The lowest BCUT2D eigenvalue weighted by Crippen LogP contribution is -1.94. The Hall–Kier alpha value is -2.54. The highest BCUT2D eigenvalue weighted by molar-refractivity contribution is 7.03. The minimum Gasteiger partial charge on any atom is -0.478 e. The molecule has 0 bridgehead atoms. The van der Waals surface area contributed by atoms with Crippen molar-refractivity contribution >= 4 is 40.8 Å². The summed E-state index contributed by atoms with van der Waals surface area (Å²) in [7, 11) is 0. The van der Waals surface area contributed by atoms with Crippen molar-refractivity contribution in [3.05, 3.63) is 40.7 Å². The molecule has 2 aromatic heterocycles. The predicted molar refractivity (Wildman–Crippen MR) is 69.8 cm³/mol. The summed E-state index contributed by atoms with van der Waals surface area (Å²) in [4.78, 5) is 15.1. The molecule has 0 aliphatic carbocycles. The van der Waals surface area contributed by atoms with Crippen LogP contribution >= 0.6 is 11.5 Å².